The second-order valence-corrected chi connectivity index (χ2v) is 6.51. The number of carboxylic acids is 1. The van der Waals surface area contributed by atoms with E-state index in [9.17, 15) is 14.7 Å². The predicted octanol–water partition coefficient (Wildman–Crippen LogP) is 3.67. The molecule has 0 fully saturated rings. The first kappa shape index (κ1) is 15.8. The van der Waals surface area contributed by atoms with Crippen molar-refractivity contribution in [3.63, 3.8) is 0 Å². The fraction of sp³-hybridized carbons (Fsp3) is 0.286. The summed E-state index contributed by atoms with van der Waals surface area (Å²) in [5.74, 6) is -1.66. The van der Waals surface area contributed by atoms with E-state index >= 15 is 0 Å². The summed E-state index contributed by atoms with van der Waals surface area (Å²) in [7, 11) is 1.45. The quantitative estimate of drug-likeness (QED) is 0.782. The number of carboxylic acid groups (broad SMARTS) is 1. The number of carbonyl (C=O) groups is 2. The van der Waals surface area contributed by atoms with Crippen LogP contribution in [0.1, 0.15) is 23.0 Å². The second kappa shape index (κ2) is 6.03. The summed E-state index contributed by atoms with van der Waals surface area (Å²) >= 11 is 4.53. The first-order valence-electron chi connectivity index (χ1n) is 6.10. The minimum absolute atomic E-state index is 0.0271. The summed E-state index contributed by atoms with van der Waals surface area (Å²) in [6.07, 6.45) is -0.0527. The number of phenolic OH excluding ortho intramolecular Hbond substituents is 1. The number of Topliss-reactive ketones (excluding diaryl/α,β-unsaturated/α-hetero) is 1. The third kappa shape index (κ3) is 3.03. The molecule has 1 aromatic heterocycles. The monoisotopic (exact) mass is 372 g/mol. The third-order valence-corrected chi connectivity index (χ3v) is 5.03. The molecule has 1 atom stereocenters. The number of carbonyl (C=O) groups excluding carboxylic acids is 1. The fourth-order valence-electron chi connectivity index (χ4n) is 1.87. The van der Waals surface area contributed by atoms with Gasteiger partial charge in [-0.15, -0.1) is 11.3 Å². The number of ketones is 1. The molecule has 0 saturated carbocycles. The van der Waals surface area contributed by atoms with Crippen LogP contribution in [0.25, 0.3) is 10.1 Å². The Bertz CT molecular complexity index is 722. The number of aromatic hydroxyl groups is 1. The average molecular weight is 373 g/mol. The molecule has 0 radical (unpaired) electrons. The van der Waals surface area contributed by atoms with Crippen LogP contribution >= 0.6 is 27.3 Å². The molecule has 2 rings (SSSR count). The highest BCUT2D eigenvalue weighted by atomic mass is 79.9. The van der Waals surface area contributed by atoms with Gasteiger partial charge in [0.15, 0.2) is 17.3 Å². The molecule has 2 N–H and O–H groups in total. The van der Waals surface area contributed by atoms with E-state index in [1.54, 1.807) is 12.1 Å². The molecule has 0 saturated heterocycles. The van der Waals surface area contributed by atoms with Crippen LogP contribution in [0, 0.1) is 5.92 Å². The first-order chi connectivity index (χ1) is 9.85. The van der Waals surface area contributed by atoms with Crippen molar-refractivity contribution in [1.82, 2.24) is 0 Å². The van der Waals surface area contributed by atoms with Gasteiger partial charge in [-0.05, 0) is 22.0 Å². The van der Waals surface area contributed by atoms with Crippen LogP contribution in [0.4, 0.5) is 0 Å². The van der Waals surface area contributed by atoms with Crippen LogP contribution in [-0.2, 0) is 4.79 Å². The number of ether oxygens (including phenoxy) is 1. The van der Waals surface area contributed by atoms with Crippen molar-refractivity contribution >= 4 is 49.1 Å². The first-order valence-corrected chi connectivity index (χ1v) is 7.71. The van der Waals surface area contributed by atoms with E-state index < -0.39 is 11.9 Å². The van der Waals surface area contributed by atoms with E-state index in [1.807, 2.05) is 0 Å². The molecule has 1 aromatic carbocycles. The molecule has 1 unspecified atom stereocenters. The Balaban J connectivity index is 2.41. The van der Waals surface area contributed by atoms with E-state index in [-0.39, 0.29) is 18.0 Å². The smallest absolute Gasteiger partial charge is 0.306 e. The van der Waals surface area contributed by atoms with Gasteiger partial charge in [-0.3, -0.25) is 9.59 Å². The number of phenols is 1. The van der Waals surface area contributed by atoms with Crippen LogP contribution in [-0.4, -0.2) is 29.1 Å². The maximum Gasteiger partial charge on any atom is 0.306 e. The van der Waals surface area contributed by atoms with Gasteiger partial charge in [0.05, 0.1) is 22.4 Å². The molecule has 0 aliphatic rings. The molecule has 0 aliphatic carbocycles. The number of rotatable bonds is 5. The molecular weight excluding hydrogens is 360 g/mol. The van der Waals surface area contributed by atoms with Gasteiger partial charge >= 0.3 is 5.97 Å². The highest BCUT2D eigenvalue weighted by Gasteiger charge is 2.20. The lowest BCUT2D eigenvalue weighted by atomic mass is 10.0. The number of aliphatic carboxylic acids is 1. The molecule has 0 aliphatic heterocycles. The number of fused-ring (bicyclic) bond motifs is 1. The number of hydrogen-bond acceptors (Lipinski definition) is 5. The highest BCUT2D eigenvalue weighted by molar-refractivity contribution is 9.10. The average Bonchev–Trinajstić information content (AvgIpc) is 2.86. The molecule has 112 valence electrons. The Labute approximate surface area is 133 Å². The van der Waals surface area contributed by atoms with Gasteiger partial charge in [0, 0.05) is 22.6 Å². The largest absolute Gasteiger partial charge is 0.503 e. The SMILES string of the molecule is COc1cc2sc(C(=O)CC(C)C(=O)O)cc2c(Br)c1O. The van der Waals surface area contributed by atoms with Crippen molar-refractivity contribution in [3.8, 4) is 11.5 Å². The molecule has 7 heteroatoms. The zero-order valence-corrected chi connectivity index (χ0v) is 13.7. The van der Waals surface area contributed by atoms with Crippen LogP contribution in [0.2, 0.25) is 0 Å². The molecule has 0 spiro atoms. The van der Waals surface area contributed by atoms with Gasteiger partial charge in [-0.1, -0.05) is 6.92 Å². The Hall–Kier alpha value is -1.60. The lowest BCUT2D eigenvalue weighted by Crippen LogP contribution is -2.13. The molecule has 0 bridgehead atoms. The van der Waals surface area contributed by atoms with Crippen molar-refractivity contribution < 1.29 is 24.5 Å². The van der Waals surface area contributed by atoms with E-state index in [1.165, 1.54) is 25.4 Å². The number of thiophene rings is 1. The Kier molecular flexibility index (Phi) is 4.53. The zero-order chi connectivity index (χ0) is 15.7. The van der Waals surface area contributed by atoms with Crippen molar-refractivity contribution in [2.75, 3.05) is 7.11 Å². The summed E-state index contributed by atoms with van der Waals surface area (Å²) in [4.78, 5) is 23.4. The van der Waals surface area contributed by atoms with E-state index in [2.05, 4.69) is 15.9 Å². The van der Waals surface area contributed by atoms with Crippen LogP contribution in [0.3, 0.4) is 0 Å². The van der Waals surface area contributed by atoms with Gasteiger partial charge in [0.25, 0.3) is 0 Å². The van der Waals surface area contributed by atoms with E-state index in [0.29, 0.717) is 20.5 Å². The van der Waals surface area contributed by atoms with Crippen LogP contribution < -0.4 is 4.74 Å². The van der Waals surface area contributed by atoms with Crippen LogP contribution in [0.5, 0.6) is 11.5 Å². The number of benzene rings is 1. The Morgan fingerprint density at radius 1 is 1.43 bits per heavy atom. The van der Waals surface area contributed by atoms with E-state index in [4.69, 9.17) is 9.84 Å². The minimum atomic E-state index is -0.995. The van der Waals surface area contributed by atoms with Crippen molar-refractivity contribution in [1.29, 1.82) is 0 Å². The van der Waals surface area contributed by atoms with Gasteiger partial charge in [0.1, 0.15) is 0 Å². The topological polar surface area (TPSA) is 83.8 Å². The van der Waals surface area contributed by atoms with Crippen molar-refractivity contribution in [3.05, 3.63) is 21.5 Å². The minimum Gasteiger partial charge on any atom is -0.503 e. The standard InChI is InChI=1S/C14H13BrO5S/c1-6(14(18)19)3-8(16)11-4-7-10(21-11)5-9(20-2)13(17)12(7)15/h4-6,17H,3H2,1-2H3,(H,18,19). The number of hydrogen-bond donors (Lipinski definition) is 2. The maximum absolute atomic E-state index is 12.1. The molecule has 5 nitrogen and oxygen atoms in total. The highest BCUT2D eigenvalue weighted by Crippen LogP contribution is 2.43. The van der Waals surface area contributed by atoms with Gasteiger partial charge in [-0.2, -0.15) is 0 Å². The molecule has 1 heterocycles. The number of methoxy groups -OCH3 is 1. The fourth-order valence-corrected chi connectivity index (χ4v) is 3.57. The Morgan fingerprint density at radius 2 is 2.10 bits per heavy atom. The van der Waals surface area contributed by atoms with Gasteiger partial charge < -0.3 is 14.9 Å². The summed E-state index contributed by atoms with van der Waals surface area (Å²) in [5.41, 5.74) is 0. The molecule has 0 amide bonds. The zero-order valence-electron chi connectivity index (χ0n) is 11.3. The molecule has 2 aromatic rings. The molecule has 21 heavy (non-hydrogen) atoms. The summed E-state index contributed by atoms with van der Waals surface area (Å²) < 4.78 is 6.30. The summed E-state index contributed by atoms with van der Waals surface area (Å²) in [6.45, 7) is 1.50. The van der Waals surface area contributed by atoms with Gasteiger partial charge in [-0.25, -0.2) is 0 Å². The third-order valence-electron chi connectivity index (χ3n) is 3.11. The second-order valence-electron chi connectivity index (χ2n) is 4.63. The summed E-state index contributed by atoms with van der Waals surface area (Å²) in [6, 6.07) is 3.30. The lowest BCUT2D eigenvalue weighted by molar-refractivity contribution is -0.141. The van der Waals surface area contributed by atoms with Crippen LogP contribution in [0.15, 0.2) is 16.6 Å². The number of halogens is 1. The van der Waals surface area contributed by atoms with E-state index in [0.717, 1.165) is 4.70 Å². The normalized spacial score (nSPS) is 12.3. The maximum atomic E-state index is 12.1. The predicted molar refractivity (Wildman–Crippen MR) is 83.5 cm³/mol. The Morgan fingerprint density at radius 3 is 2.67 bits per heavy atom. The molecular formula is C14H13BrO5S. The van der Waals surface area contributed by atoms with Crippen molar-refractivity contribution in [2.24, 2.45) is 5.92 Å². The van der Waals surface area contributed by atoms with Crippen molar-refractivity contribution in [2.45, 2.75) is 13.3 Å². The van der Waals surface area contributed by atoms with Gasteiger partial charge in [0.2, 0.25) is 0 Å². The lowest BCUT2D eigenvalue weighted by Gasteiger charge is -2.05. The summed E-state index contributed by atoms with van der Waals surface area (Å²) in [5, 5.41) is 19.5.